The fourth-order valence-corrected chi connectivity index (χ4v) is 3.31. The van der Waals surface area contributed by atoms with E-state index in [1.165, 1.54) is 32.3 Å². The second-order valence-electron chi connectivity index (χ2n) is 7.27. The summed E-state index contributed by atoms with van der Waals surface area (Å²) in [7, 11) is 1.01. The highest BCUT2D eigenvalue weighted by molar-refractivity contribution is 7.54. The number of hydrogen-bond acceptors (Lipinski definition) is 10. The van der Waals surface area contributed by atoms with Gasteiger partial charge in [-0.25, -0.2) is 9.59 Å². The molecule has 0 spiro atoms. The first-order valence-corrected chi connectivity index (χ1v) is 11.2. The number of unbranched alkanes of at least 4 members (excludes halogenated alkanes) is 2. The molecule has 0 aromatic carbocycles. The molecule has 1 atom stereocenters. The van der Waals surface area contributed by atoms with Gasteiger partial charge in [-0.15, -0.1) is 0 Å². The zero-order chi connectivity index (χ0) is 24.1. The minimum atomic E-state index is -3.71. The maximum absolute atomic E-state index is 12.5. The lowest BCUT2D eigenvalue weighted by molar-refractivity contribution is -0.141. The Morgan fingerprint density at radius 2 is 1.61 bits per heavy atom. The van der Waals surface area contributed by atoms with Gasteiger partial charge in [0.05, 0.1) is 14.2 Å². The van der Waals surface area contributed by atoms with Crippen molar-refractivity contribution in [2.75, 3.05) is 41.5 Å². The number of nitrogens with zero attached hydrogens (tertiary/aromatic N) is 1. The topological polar surface area (TPSA) is 127 Å². The smallest absolute Gasteiger partial charge is 0.468 e. The van der Waals surface area contributed by atoms with Gasteiger partial charge in [-0.05, 0) is 46.1 Å². The van der Waals surface area contributed by atoms with E-state index in [1.54, 1.807) is 26.8 Å². The Morgan fingerprint density at radius 3 is 2.10 bits per heavy atom. The predicted molar refractivity (Wildman–Crippen MR) is 112 cm³/mol. The average molecular weight is 467 g/mol. The van der Waals surface area contributed by atoms with E-state index in [2.05, 4.69) is 9.47 Å². The monoisotopic (exact) mass is 467 g/mol. The summed E-state index contributed by atoms with van der Waals surface area (Å²) >= 11 is 0. The maximum atomic E-state index is 12.5. The standard InChI is InChI=1S/C19H34NO10P/c1-19(2,3)30-17(22)20(14-15(21)25-4)13-11-9-8-10-12-16(29-18(23)26-5)31(24,27-6)28-7/h10,12,16H,8-9,11,13-14H2,1-7H3/b12-10+. The van der Waals surface area contributed by atoms with Crippen LogP contribution in [0.3, 0.4) is 0 Å². The molecule has 0 rings (SSSR count). The average Bonchev–Trinajstić information content (AvgIpc) is 2.71. The Bertz CT molecular complexity index is 651. The van der Waals surface area contributed by atoms with E-state index in [9.17, 15) is 18.9 Å². The van der Waals surface area contributed by atoms with Crippen LogP contribution in [0.5, 0.6) is 0 Å². The van der Waals surface area contributed by atoms with Gasteiger partial charge >= 0.3 is 25.8 Å². The fourth-order valence-electron chi connectivity index (χ4n) is 2.20. The van der Waals surface area contributed by atoms with Crippen molar-refractivity contribution >= 4 is 25.8 Å². The summed E-state index contributed by atoms with van der Waals surface area (Å²) in [6, 6.07) is 0. The molecule has 0 N–H and O–H groups in total. The molecule has 0 bridgehead atoms. The first kappa shape index (κ1) is 28.9. The number of hydrogen-bond donors (Lipinski definition) is 0. The molecule has 0 saturated carbocycles. The van der Waals surface area contributed by atoms with E-state index in [1.807, 2.05) is 0 Å². The van der Waals surface area contributed by atoms with Crippen molar-refractivity contribution in [1.29, 1.82) is 0 Å². The van der Waals surface area contributed by atoms with Crippen LogP contribution < -0.4 is 0 Å². The van der Waals surface area contributed by atoms with Crippen LogP contribution in [0.15, 0.2) is 12.2 Å². The van der Waals surface area contributed by atoms with Gasteiger partial charge < -0.3 is 28.0 Å². The van der Waals surface area contributed by atoms with Gasteiger partial charge in [0, 0.05) is 20.8 Å². The second kappa shape index (κ2) is 14.1. The van der Waals surface area contributed by atoms with E-state index >= 15 is 0 Å². The number of methoxy groups -OCH3 is 2. The van der Waals surface area contributed by atoms with Crippen molar-refractivity contribution in [3.63, 3.8) is 0 Å². The number of rotatable bonds is 12. The van der Waals surface area contributed by atoms with Crippen molar-refractivity contribution < 1.29 is 46.9 Å². The van der Waals surface area contributed by atoms with Crippen molar-refractivity contribution in [3.05, 3.63) is 12.2 Å². The number of carbonyl (C=O) groups is 3. The lowest BCUT2D eigenvalue weighted by Crippen LogP contribution is -2.40. The predicted octanol–water partition coefficient (Wildman–Crippen LogP) is 3.72. The largest absolute Gasteiger partial charge is 0.509 e. The van der Waals surface area contributed by atoms with Crippen LogP contribution in [0, 0.1) is 0 Å². The number of esters is 1. The molecule has 1 amide bonds. The highest BCUT2D eigenvalue weighted by Gasteiger charge is 2.36. The fraction of sp³-hybridized carbons (Fsp3) is 0.737. The molecule has 0 heterocycles. The molecule has 0 saturated heterocycles. The number of carbonyl (C=O) groups excluding carboxylic acids is 3. The molecule has 0 aromatic rings. The minimum absolute atomic E-state index is 0.221. The Kier molecular flexibility index (Phi) is 13.1. The van der Waals surface area contributed by atoms with Gasteiger partial charge in [0.2, 0.25) is 5.85 Å². The van der Waals surface area contributed by atoms with E-state index < -0.39 is 37.3 Å². The van der Waals surface area contributed by atoms with Crippen LogP contribution in [0.4, 0.5) is 9.59 Å². The van der Waals surface area contributed by atoms with E-state index in [0.29, 0.717) is 19.3 Å². The van der Waals surface area contributed by atoms with Crippen LogP contribution in [-0.4, -0.2) is 76.1 Å². The molecule has 180 valence electrons. The SMILES string of the molecule is COC(=O)CN(CCCC/C=C/C(OC(=O)OC)P(=O)(OC)OC)C(=O)OC(C)(C)C. The maximum Gasteiger partial charge on any atom is 0.509 e. The molecule has 1 unspecified atom stereocenters. The van der Waals surface area contributed by atoms with Gasteiger partial charge in [0.15, 0.2) is 0 Å². The van der Waals surface area contributed by atoms with Crippen molar-refractivity contribution in [2.24, 2.45) is 0 Å². The van der Waals surface area contributed by atoms with Crippen LogP contribution in [0.1, 0.15) is 40.0 Å². The molecule has 0 fully saturated rings. The Morgan fingerprint density at radius 1 is 1.00 bits per heavy atom. The van der Waals surface area contributed by atoms with Crippen LogP contribution in [0.2, 0.25) is 0 Å². The van der Waals surface area contributed by atoms with Crippen LogP contribution in [0.25, 0.3) is 0 Å². The Labute approximate surface area is 183 Å². The van der Waals surface area contributed by atoms with E-state index in [-0.39, 0.29) is 13.1 Å². The Balaban J connectivity index is 4.86. The van der Waals surface area contributed by atoms with Gasteiger partial charge in [-0.1, -0.05) is 6.08 Å². The van der Waals surface area contributed by atoms with E-state index in [4.69, 9.17) is 18.5 Å². The Hall–Kier alpha value is -2.10. The first-order chi connectivity index (χ1) is 14.4. The van der Waals surface area contributed by atoms with Crippen molar-refractivity contribution in [3.8, 4) is 0 Å². The molecule has 12 heteroatoms. The van der Waals surface area contributed by atoms with Gasteiger partial charge in [-0.3, -0.25) is 14.3 Å². The third-order valence-electron chi connectivity index (χ3n) is 3.75. The molecular formula is C19H34NO10P. The summed E-state index contributed by atoms with van der Waals surface area (Å²) in [5, 5.41) is 0. The number of amides is 1. The highest BCUT2D eigenvalue weighted by Crippen LogP contribution is 2.52. The van der Waals surface area contributed by atoms with Gasteiger partial charge in [0.25, 0.3) is 0 Å². The molecule has 31 heavy (non-hydrogen) atoms. The summed E-state index contributed by atoms with van der Waals surface area (Å²) in [4.78, 5) is 36.5. The van der Waals surface area contributed by atoms with Crippen molar-refractivity contribution in [1.82, 2.24) is 4.90 Å². The molecule has 0 aliphatic rings. The number of ether oxygens (including phenoxy) is 4. The first-order valence-electron chi connectivity index (χ1n) is 9.59. The zero-order valence-corrected chi connectivity index (χ0v) is 20.1. The summed E-state index contributed by atoms with van der Waals surface area (Å²) in [6.45, 7) is 5.25. The quantitative estimate of drug-likeness (QED) is 0.138. The third kappa shape index (κ3) is 11.8. The van der Waals surface area contributed by atoms with Gasteiger partial charge in [0.1, 0.15) is 12.1 Å². The molecule has 0 aliphatic carbocycles. The molecule has 0 radical (unpaired) electrons. The zero-order valence-electron chi connectivity index (χ0n) is 19.2. The normalized spacial score (nSPS) is 12.9. The molecule has 11 nitrogen and oxygen atoms in total. The highest BCUT2D eigenvalue weighted by atomic mass is 31.2. The van der Waals surface area contributed by atoms with E-state index in [0.717, 1.165) is 7.11 Å². The summed E-state index contributed by atoms with van der Waals surface area (Å²) in [5.41, 5.74) is -0.695. The van der Waals surface area contributed by atoms with Crippen LogP contribution >= 0.6 is 7.60 Å². The molecule has 0 aromatic heterocycles. The minimum Gasteiger partial charge on any atom is -0.468 e. The summed E-state index contributed by atoms with van der Waals surface area (Å²) < 4.78 is 41.5. The number of allylic oxidation sites excluding steroid dienone is 1. The third-order valence-corrected chi connectivity index (χ3v) is 5.67. The lowest BCUT2D eigenvalue weighted by atomic mass is 10.2. The molecular weight excluding hydrogens is 433 g/mol. The summed E-state index contributed by atoms with van der Waals surface area (Å²) in [6.07, 6.45) is 3.08. The molecule has 0 aliphatic heterocycles. The lowest BCUT2D eigenvalue weighted by Gasteiger charge is -2.26. The second-order valence-corrected chi connectivity index (χ2v) is 9.59. The van der Waals surface area contributed by atoms with Crippen molar-refractivity contribution in [2.45, 2.75) is 51.5 Å². The van der Waals surface area contributed by atoms with Gasteiger partial charge in [-0.2, -0.15) is 0 Å². The van der Waals surface area contributed by atoms with Crippen LogP contribution in [-0.2, 0) is 37.4 Å². The summed E-state index contributed by atoms with van der Waals surface area (Å²) in [5.74, 6) is -1.82.